The molecule has 0 saturated heterocycles. The van der Waals surface area contributed by atoms with Crippen LogP contribution in [0.3, 0.4) is 0 Å². The number of hydrogen-bond donors (Lipinski definition) is 0. The van der Waals surface area contributed by atoms with Gasteiger partial charge in [0.25, 0.3) is 14.3 Å². The van der Waals surface area contributed by atoms with Crippen LogP contribution in [0.15, 0.2) is 12.2 Å². The van der Waals surface area contributed by atoms with E-state index in [-0.39, 0.29) is 16.4 Å². The molecule has 0 N–H and O–H groups in total. The van der Waals surface area contributed by atoms with Crippen LogP contribution in [0.4, 0.5) is 0 Å². The Morgan fingerprint density at radius 1 is 1.33 bits per heavy atom. The van der Waals surface area contributed by atoms with Crippen LogP contribution in [0, 0.1) is 17.3 Å². The Labute approximate surface area is 112 Å². The van der Waals surface area contributed by atoms with Gasteiger partial charge in [0.05, 0.1) is 5.41 Å². The highest BCUT2D eigenvalue weighted by Gasteiger charge is 2.53. The highest BCUT2D eigenvalue weighted by Crippen LogP contribution is 2.53. The van der Waals surface area contributed by atoms with E-state index in [1.807, 2.05) is 0 Å². The van der Waals surface area contributed by atoms with Crippen LogP contribution in [-0.4, -0.2) is 14.3 Å². The van der Waals surface area contributed by atoms with Crippen LogP contribution in [0.1, 0.15) is 40.5 Å². The quantitative estimate of drug-likeness (QED) is 0.555. The van der Waals surface area contributed by atoms with Crippen LogP contribution in [0.25, 0.3) is 0 Å². The van der Waals surface area contributed by atoms with E-state index in [2.05, 4.69) is 52.9 Å². The maximum Gasteiger partial charge on any atom is 0.299 e. The second-order valence-corrected chi connectivity index (χ2v) is 12.5. The summed E-state index contributed by atoms with van der Waals surface area (Å²) in [5.41, 5.74) is -0.269. The lowest BCUT2D eigenvalue weighted by Gasteiger charge is -2.39. The van der Waals surface area contributed by atoms with Gasteiger partial charge in [-0.3, -0.25) is 4.79 Å². The van der Waals surface area contributed by atoms with E-state index in [0.29, 0.717) is 11.8 Å². The van der Waals surface area contributed by atoms with Gasteiger partial charge < -0.3 is 4.43 Å². The van der Waals surface area contributed by atoms with Crippen molar-refractivity contribution >= 4 is 14.3 Å². The first kappa shape index (κ1) is 13.8. The number of allylic oxidation sites excluding steroid dienone is 2. The molecule has 0 radical (unpaired) electrons. The molecule has 0 aliphatic heterocycles. The topological polar surface area (TPSA) is 26.3 Å². The Kier molecular flexibility index (Phi) is 3.05. The van der Waals surface area contributed by atoms with Gasteiger partial charge in [0.1, 0.15) is 0 Å². The summed E-state index contributed by atoms with van der Waals surface area (Å²) < 4.78 is 6.01. The second-order valence-electron chi connectivity index (χ2n) is 7.76. The Morgan fingerprint density at radius 2 is 1.94 bits per heavy atom. The number of carbonyl (C=O) groups is 1. The molecule has 0 amide bonds. The molecular weight excluding hydrogens is 240 g/mol. The third-order valence-corrected chi connectivity index (χ3v) is 9.61. The fourth-order valence-corrected chi connectivity index (χ4v) is 3.83. The first-order valence-corrected chi connectivity index (χ1v) is 9.89. The number of carbonyl (C=O) groups excluding carboxylic acids is 1. The molecule has 3 heteroatoms. The van der Waals surface area contributed by atoms with Crippen molar-refractivity contribution in [2.45, 2.75) is 58.7 Å². The Balaban J connectivity index is 2.12. The molecule has 0 aromatic heterocycles. The van der Waals surface area contributed by atoms with Gasteiger partial charge in [-0.15, -0.1) is 0 Å². The molecule has 3 unspecified atom stereocenters. The van der Waals surface area contributed by atoms with E-state index in [1.165, 1.54) is 0 Å². The highest BCUT2D eigenvalue weighted by molar-refractivity contribution is 6.75. The van der Waals surface area contributed by atoms with Crippen molar-refractivity contribution in [1.82, 2.24) is 0 Å². The minimum Gasteiger partial charge on any atom is -0.519 e. The molecule has 2 nitrogen and oxygen atoms in total. The van der Waals surface area contributed by atoms with Crippen LogP contribution >= 0.6 is 0 Å². The lowest BCUT2D eigenvalue weighted by atomic mass is 9.78. The molecule has 1 fully saturated rings. The molecule has 2 aliphatic rings. The van der Waals surface area contributed by atoms with Crippen LogP contribution < -0.4 is 0 Å². The SMILES string of the molecule is CC1(C(=O)O[Si](C)(C)C(C)(C)C)CC2C=CC1C2. The van der Waals surface area contributed by atoms with E-state index in [4.69, 9.17) is 4.43 Å². The first-order valence-electron chi connectivity index (χ1n) is 6.98. The summed E-state index contributed by atoms with van der Waals surface area (Å²) in [5, 5.41) is 0.0898. The minimum absolute atomic E-state index is 0.0472. The standard InChI is InChI=1S/C15H26O2Si/c1-14(2,3)18(5,6)17-13(16)15(4)10-11-7-8-12(15)9-11/h7-8,11-12H,9-10H2,1-6H3. The monoisotopic (exact) mass is 266 g/mol. The molecule has 2 bridgehead atoms. The molecule has 1 saturated carbocycles. The Bertz CT molecular complexity index is 392. The summed E-state index contributed by atoms with van der Waals surface area (Å²) in [6, 6.07) is 0. The van der Waals surface area contributed by atoms with Crippen molar-refractivity contribution < 1.29 is 9.22 Å². The first-order chi connectivity index (χ1) is 8.06. The molecule has 3 atom stereocenters. The Morgan fingerprint density at radius 3 is 2.33 bits per heavy atom. The average Bonchev–Trinajstić information content (AvgIpc) is 2.74. The van der Waals surface area contributed by atoms with E-state index in [1.54, 1.807) is 0 Å². The van der Waals surface area contributed by atoms with Crippen molar-refractivity contribution in [2.24, 2.45) is 17.3 Å². The van der Waals surface area contributed by atoms with Gasteiger partial charge in [-0.25, -0.2) is 0 Å². The summed E-state index contributed by atoms with van der Waals surface area (Å²) in [5.74, 6) is 1.05. The number of rotatable bonds is 2. The summed E-state index contributed by atoms with van der Waals surface area (Å²) in [6.45, 7) is 12.9. The van der Waals surface area contributed by atoms with Crippen molar-refractivity contribution in [1.29, 1.82) is 0 Å². The lowest BCUT2D eigenvalue weighted by Crippen LogP contribution is -2.47. The number of fused-ring (bicyclic) bond motifs is 2. The van der Waals surface area contributed by atoms with E-state index in [0.717, 1.165) is 12.8 Å². The summed E-state index contributed by atoms with van der Waals surface area (Å²) in [4.78, 5) is 12.6. The molecule has 0 spiro atoms. The van der Waals surface area contributed by atoms with Crippen molar-refractivity contribution in [3.05, 3.63) is 12.2 Å². The highest BCUT2D eigenvalue weighted by atomic mass is 28.4. The fourth-order valence-electron chi connectivity index (χ4n) is 2.83. The van der Waals surface area contributed by atoms with Gasteiger partial charge in [-0.2, -0.15) is 0 Å². The molecule has 0 aromatic rings. The number of hydrogen-bond acceptors (Lipinski definition) is 2. The normalized spacial score (nSPS) is 35.0. The van der Waals surface area contributed by atoms with Crippen LogP contribution in [-0.2, 0) is 9.22 Å². The zero-order valence-electron chi connectivity index (χ0n) is 12.5. The largest absolute Gasteiger partial charge is 0.519 e. The van der Waals surface area contributed by atoms with Crippen molar-refractivity contribution in [3.63, 3.8) is 0 Å². The van der Waals surface area contributed by atoms with Crippen LogP contribution in [0.2, 0.25) is 18.1 Å². The van der Waals surface area contributed by atoms with E-state index < -0.39 is 8.32 Å². The van der Waals surface area contributed by atoms with E-state index >= 15 is 0 Å². The van der Waals surface area contributed by atoms with Crippen molar-refractivity contribution in [3.8, 4) is 0 Å². The van der Waals surface area contributed by atoms with Gasteiger partial charge in [0, 0.05) is 0 Å². The second kappa shape index (κ2) is 3.96. The molecule has 102 valence electrons. The Hall–Kier alpha value is -0.573. The third-order valence-electron chi connectivity index (χ3n) is 5.30. The molecular formula is C15H26O2Si. The summed E-state index contributed by atoms with van der Waals surface area (Å²) in [6.07, 6.45) is 6.61. The predicted octanol–water partition coefficient (Wildman–Crippen LogP) is 4.14. The maximum absolute atomic E-state index is 12.6. The smallest absolute Gasteiger partial charge is 0.299 e. The lowest BCUT2D eigenvalue weighted by molar-refractivity contribution is -0.147. The summed E-state index contributed by atoms with van der Waals surface area (Å²) in [7, 11) is -1.98. The summed E-state index contributed by atoms with van der Waals surface area (Å²) >= 11 is 0. The van der Waals surface area contributed by atoms with Gasteiger partial charge in [-0.05, 0) is 49.7 Å². The van der Waals surface area contributed by atoms with E-state index in [9.17, 15) is 4.79 Å². The predicted molar refractivity (Wildman–Crippen MR) is 76.8 cm³/mol. The minimum atomic E-state index is -1.98. The van der Waals surface area contributed by atoms with Crippen molar-refractivity contribution in [2.75, 3.05) is 0 Å². The van der Waals surface area contributed by atoms with Gasteiger partial charge in [-0.1, -0.05) is 32.9 Å². The molecule has 2 aliphatic carbocycles. The molecule has 0 heterocycles. The zero-order chi connectivity index (χ0) is 13.8. The van der Waals surface area contributed by atoms with Crippen LogP contribution in [0.5, 0.6) is 0 Å². The fraction of sp³-hybridized carbons (Fsp3) is 0.800. The third kappa shape index (κ3) is 2.07. The molecule has 0 aromatic carbocycles. The molecule has 18 heavy (non-hydrogen) atoms. The molecule has 2 rings (SSSR count). The average molecular weight is 266 g/mol. The van der Waals surface area contributed by atoms with Gasteiger partial charge in [0.2, 0.25) is 0 Å². The van der Waals surface area contributed by atoms with Gasteiger partial charge in [0.15, 0.2) is 0 Å². The zero-order valence-corrected chi connectivity index (χ0v) is 13.5. The van der Waals surface area contributed by atoms with Gasteiger partial charge >= 0.3 is 0 Å². The maximum atomic E-state index is 12.6.